The van der Waals surface area contributed by atoms with Crippen LogP contribution in [0.15, 0.2) is 6.07 Å². The van der Waals surface area contributed by atoms with E-state index in [1.54, 1.807) is 0 Å². The van der Waals surface area contributed by atoms with Crippen LogP contribution < -0.4 is 5.32 Å². The first-order valence-corrected chi connectivity index (χ1v) is 6.35. The lowest BCUT2D eigenvalue weighted by Crippen LogP contribution is -2.44. The number of aliphatic hydroxyl groups is 1. The molecule has 0 spiro atoms. The molecule has 4 heteroatoms. The Balaban J connectivity index is 2.17. The molecule has 0 amide bonds. The molecule has 0 atom stereocenters. The van der Waals surface area contributed by atoms with Gasteiger partial charge in [0.15, 0.2) is 0 Å². The summed E-state index contributed by atoms with van der Waals surface area (Å²) in [6.07, 6.45) is 5.59. The summed E-state index contributed by atoms with van der Waals surface area (Å²) in [6, 6.07) is 1.96. The molecule has 0 radical (unpaired) electrons. The van der Waals surface area contributed by atoms with Gasteiger partial charge in [-0.15, -0.1) is 0 Å². The van der Waals surface area contributed by atoms with E-state index in [1.165, 1.54) is 19.3 Å². The summed E-state index contributed by atoms with van der Waals surface area (Å²) in [5.74, 6) is 0.651. The predicted molar refractivity (Wildman–Crippen MR) is 68.0 cm³/mol. The average molecular weight is 235 g/mol. The van der Waals surface area contributed by atoms with E-state index in [0.717, 1.165) is 24.2 Å². The second-order valence-electron chi connectivity index (χ2n) is 5.10. The second kappa shape index (κ2) is 5.00. The molecule has 0 aliphatic heterocycles. The monoisotopic (exact) mass is 235 g/mol. The van der Waals surface area contributed by atoms with Crippen LogP contribution in [0, 0.1) is 13.8 Å². The van der Waals surface area contributed by atoms with Gasteiger partial charge in [0.05, 0.1) is 12.1 Å². The molecule has 0 bridgehead atoms. The standard InChI is InChI=1S/C13H21N3O/c1-10-8-11(2)15-12(14-10)16-13(9-17)6-4-3-5-7-13/h8,17H,3-7,9H2,1-2H3,(H,14,15,16). The molecule has 2 rings (SSSR count). The van der Waals surface area contributed by atoms with E-state index < -0.39 is 0 Å². The Morgan fingerprint density at radius 2 is 1.76 bits per heavy atom. The Kier molecular flexibility index (Phi) is 3.62. The highest BCUT2D eigenvalue weighted by molar-refractivity contribution is 5.32. The lowest BCUT2D eigenvalue weighted by Gasteiger charge is -2.36. The van der Waals surface area contributed by atoms with Crippen LogP contribution in [0.5, 0.6) is 0 Å². The van der Waals surface area contributed by atoms with Crippen LogP contribution in [-0.4, -0.2) is 27.2 Å². The number of aromatic nitrogens is 2. The van der Waals surface area contributed by atoms with Crippen molar-refractivity contribution in [2.75, 3.05) is 11.9 Å². The van der Waals surface area contributed by atoms with Gasteiger partial charge in [0.25, 0.3) is 0 Å². The summed E-state index contributed by atoms with van der Waals surface area (Å²) in [6.45, 7) is 4.09. The van der Waals surface area contributed by atoms with Gasteiger partial charge in [0.2, 0.25) is 5.95 Å². The van der Waals surface area contributed by atoms with Crippen molar-refractivity contribution in [1.82, 2.24) is 9.97 Å². The third-order valence-electron chi connectivity index (χ3n) is 3.47. The van der Waals surface area contributed by atoms with Gasteiger partial charge in [-0.2, -0.15) is 0 Å². The third kappa shape index (κ3) is 2.94. The van der Waals surface area contributed by atoms with E-state index in [0.29, 0.717) is 5.95 Å². The Morgan fingerprint density at radius 3 is 2.29 bits per heavy atom. The van der Waals surface area contributed by atoms with Crippen LogP contribution in [0.4, 0.5) is 5.95 Å². The number of aliphatic hydroxyl groups excluding tert-OH is 1. The lowest BCUT2D eigenvalue weighted by atomic mass is 9.82. The number of hydrogen-bond acceptors (Lipinski definition) is 4. The minimum Gasteiger partial charge on any atom is -0.394 e. The molecule has 4 nitrogen and oxygen atoms in total. The highest BCUT2D eigenvalue weighted by Gasteiger charge is 2.31. The van der Waals surface area contributed by atoms with E-state index >= 15 is 0 Å². The van der Waals surface area contributed by atoms with Gasteiger partial charge < -0.3 is 10.4 Å². The highest BCUT2D eigenvalue weighted by Crippen LogP contribution is 2.30. The molecule has 94 valence electrons. The topological polar surface area (TPSA) is 58.0 Å². The molecule has 17 heavy (non-hydrogen) atoms. The van der Waals surface area contributed by atoms with Crippen LogP contribution in [0.2, 0.25) is 0 Å². The summed E-state index contributed by atoms with van der Waals surface area (Å²) in [5, 5.41) is 13.0. The molecule has 2 N–H and O–H groups in total. The quantitative estimate of drug-likeness (QED) is 0.843. The molecule has 1 aliphatic carbocycles. The van der Waals surface area contributed by atoms with Crippen LogP contribution >= 0.6 is 0 Å². The zero-order valence-electron chi connectivity index (χ0n) is 10.7. The van der Waals surface area contributed by atoms with Gasteiger partial charge in [0.1, 0.15) is 0 Å². The maximum Gasteiger partial charge on any atom is 0.223 e. The zero-order chi connectivity index (χ0) is 12.3. The molecule has 1 aliphatic rings. The Morgan fingerprint density at radius 1 is 1.18 bits per heavy atom. The van der Waals surface area contributed by atoms with Gasteiger partial charge >= 0.3 is 0 Å². The molecule has 1 fully saturated rings. The van der Waals surface area contributed by atoms with Gasteiger partial charge in [-0.1, -0.05) is 19.3 Å². The molecule has 1 aromatic rings. The van der Waals surface area contributed by atoms with Crippen molar-refractivity contribution in [2.45, 2.75) is 51.5 Å². The van der Waals surface area contributed by atoms with Crippen molar-refractivity contribution < 1.29 is 5.11 Å². The molecule has 1 heterocycles. The molecular weight excluding hydrogens is 214 g/mol. The van der Waals surface area contributed by atoms with Gasteiger partial charge in [-0.05, 0) is 32.8 Å². The number of aryl methyl sites for hydroxylation is 2. The minimum atomic E-state index is -0.210. The number of nitrogens with zero attached hydrogens (tertiary/aromatic N) is 2. The summed E-state index contributed by atoms with van der Waals surface area (Å²) >= 11 is 0. The normalized spacial score (nSPS) is 19.0. The van der Waals surface area contributed by atoms with Gasteiger partial charge in [-0.25, -0.2) is 9.97 Å². The Hall–Kier alpha value is -1.16. The molecule has 1 saturated carbocycles. The van der Waals surface area contributed by atoms with Crippen molar-refractivity contribution in [3.63, 3.8) is 0 Å². The fraction of sp³-hybridized carbons (Fsp3) is 0.692. The van der Waals surface area contributed by atoms with Crippen molar-refractivity contribution in [3.05, 3.63) is 17.5 Å². The SMILES string of the molecule is Cc1cc(C)nc(NC2(CO)CCCCC2)n1. The lowest BCUT2D eigenvalue weighted by molar-refractivity contribution is 0.172. The zero-order valence-corrected chi connectivity index (χ0v) is 10.7. The maximum absolute atomic E-state index is 9.62. The fourth-order valence-electron chi connectivity index (χ4n) is 2.57. The number of rotatable bonds is 3. The van der Waals surface area contributed by atoms with E-state index in [1.807, 2.05) is 19.9 Å². The van der Waals surface area contributed by atoms with E-state index in [9.17, 15) is 5.11 Å². The number of nitrogens with one attached hydrogen (secondary N) is 1. The number of anilines is 1. The summed E-state index contributed by atoms with van der Waals surface area (Å²) < 4.78 is 0. The first-order valence-electron chi connectivity index (χ1n) is 6.35. The fourth-order valence-corrected chi connectivity index (χ4v) is 2.57. The van der Waals surface area contributed by atoms with E-state index in [-0.39, 0.29) is 12.1 Å². The Labute approximate surface area is 102 Å². The average Bonchev–Trinajstić information content (AvgIpc) is 2.29. The summed E-state index contributed by atoms with van der Waals surface area (Å²) in [7, 11) is 0. The highest BCUT2D eigenvalue weighted by atomic mass is 16.3. The first-order chi connectivity index (χ1) is 8.13. The van der Waals surface area contributed by atoms with Gasteiger partial charge in [0, 0.05) is 11.4 Å². The van der Waals surface area contributed by atoms with Crippen LogP contribution in [0.3, 0.4) is 0 Å². The van der Waals surface area contributed by atoms with Crippen LogP contribution in [0.25, 0.3) is 0 Å². The predicted octanol–water partition coefficient (Wildman–Crippen LogP) is 2.20. The van der Waals surface area contributed by atoms with Crippen molar-refractivity contribution in [1.29, 1.82) is 0 Å². The molecule has 0 unspecified atom stereocenters. The van der Waals surface area contributed by atoms with Crippen LogP contribution in [-0.2, 0) is 0 Å². The number of hydrogen-bond donors (Lipinski definition) is 2. The van der Waals surface area contributed by atoms with Crippen molar-refractivity contribution >= 4 is 5.95 Å². The second-order valence-corrected chi connectivity index (χ2v) is 5.10. The minimum absolute atomic E-state index is 0.156. The molecular formula is C13H21N3O. The summed E-state index contributed by atoms with van der Waals surface area (Å²) in [5.41, 5.74) is 1.71. The molecule has 1 aromatic heterocycles. The summed E-state index contributed by atoms with van der Waals surface area (Å²) in [4.78, 5) is 8.78. The molecule has 0 aromatic carbocycles. The smallest absolute Gasteiger partial charge is 0.223 e. The maximum atomic E-state index is 9.62. The van der Waals surface area contributed by atoms with E-state index in [4.69, 9.17) is 0 Å². The van der Waals surface area contributed by atoms with Crippen LogP contribution in [0.1, 0.15) is 43.5 Å². The Bertz CT molecular complexity index is 366. The van der Waals surface area contributed by atoms with Gasteiger partial charge in [-0.3, -0.25) is 0 Å². The van der Waals surface area contributed by atoms with Crippen molar-refractivity contribution in [2.24, 2.45) is 0 Å². The third-order valence-corrected chi connectivity index (χ3v) is 3.47. The molecule has 0 saturated heterocycles. The van der Waals surface area contributed by atoms with E-state index in [2.05, 4.69) is 15.3 Å². The van der Waals surface area contributed by atoms with Crippen molar-refractivity contribution in [3.8, 4) is 0 Å². The first kappa shape index (κ1) is 12.3. The largest absolute Gasteiger partial charge is 0.394 e.